The molecule has 1 rings (SSSR count). The predicted molar refractivity (Wildman–Crippen MR) is 33.8 cm³/mol. The van der Waals surface area contributed by atoms with E-state index in [0.29, 0.717) is 12.4 Å². The van der Waals surface area contributed by atoms with Gasteiger partial charge in [0.15, 0.2) is 5.82 Å². The van der Waals surface area contributed by atoms with Crippen molar-refractivity contribution in [2.45, 2.75) is 6.92 Å². The Labute approximate surface area is 53.2 Å². The zero-order valence-electron chi connectivity index (χ0n) is 5.24. The summed E-state index contributed by atoms with van der Waals surface area (Å²) in [5.74, 6) is 0.525. The topological polar surface area (TPSA) is 53.1 Å². The first kappa shape index (κ1) is 5.94. The first-order valence-electron chi connectivity index (χ1n) is 2.77. The van der Waals surface area contributed by atoms with Gasteiger partial charge < -0.3 is 10.6 Å². The van der Waals surface area contributed by atoms with Crippen molar-refractivity contribution in [3.63, 3.8) is 0 Å². The van der Waals surface area contributed by atoms with E-state index in [-0.39, 0.29) is 0 Å². The van der Waals surface area contributed by atoms with Crippen molar-refractivity contribution >= 4 is 5.82 Å². The van der Waals surface area contributed by atoms with Crippen molar-refractivity contribution < 1.29 is 4.84 Å². The van der Waals surface area contributed by atoms with Crippen LogP contribution in [0.5, 0.6) is 0 Å². The molecule has 50 valence electrons. The summed E-state index contributed by atoms with van der Waals surface area (Å²) >= 11 is 0. The maximum atomic E-state index is 5.40. The summed E-state index contributed by atoms with van der Waals surface area (Å²) in [5.41, 5.74) is 5.40. The number of anilines is 1. The lowest BCUT2D eigenvalue weighted by Gasteiger charge is -2.01. The van der Waals surface area contributed by atoms with Crippen LogP contribution in [0.4, 0.5) is 5.82 Å². The lowest BCUT2D eigenvalue weighted by atomic mass is 10.7. The molecular weight excluding hydrogens is 118 g/mol. The first-order chi connectivity index (χ1) is 4.34. The third kappa shape index (κ3) is 1.13. The van der Waals surface area contributed by atoms with Gasteiger partial charge in [0.25, 0.3) is 0 Å². The maximum absolute atomic E-state index is 5.40. The molecule has 4 heteroatoms. The van der Waals surface area contributed by atoms with E-state index in [1.165, 1.54) is 4.85 Å². The minimum absolute atomic E-state index is 0.525. The van der Waals surface area contributed by atoms with Gasteiger partial charge >= 0.3 is 0 Å². The van der Waals surface area contributed by atoms with E-state index < -0.39 is 0 Å². The first-order valence-corrected chi connectivity index (χ1v) is 2.77. The molecular formula is C5H9N3O. The Balaban J connectivity index is 2.69. The Kier molecular flexibility index (Phi) is 1.58. The van der Waals surface area contributed by atoms with Gasteiger partial charge in [-0.2, -0.15) is 0 Å². The summed E-state index contributed by atoms with van der Waals surface area (Å²) in [6.07, 6.45) is 1.59. The number of nitrogens with zero attached hydrogens (tertiary/aromatic N) is 2. The van der Waals surface area contributed by atoms with Gasteiger partial charge in [0.2, 0.25) is 0 Å². The molecule has 0 fully saturated rings. The zero-order chi connectivity index (χ0) is 6.69. The highest BCUT2D eigenvalue weighted by Gasteiger charge is 1.93. The number of rotatable bonds is 2. The molecule has 0 spiro atoms. The van der Waals surface area contributed by atoms with Crippen molar-refractivity contribution in [3.05, 3.63) is 12.3 Å². The van der Waals surface area contributed by atoms with Crippen LogP contribution in [0.1, 0.15) is 6.92 Å². The molecule has 1 aromatic heterocycles. The van der Waals surface area contributed by atoms with E-state index in [9.17, 15) is 0 Å². The molecule has 0 aliphatic carbocycles. The second-order valence-electron chi connectivity index (χ2n) is 1.55. The van der Waals surface area contributed by atoms with Gasteiger partial charge in [-0.05, 0) is 6.92 Å². The average molecular weight is 127 g/mol. The van der Waals surface area contributed by atoms with Crippen LogP contribution < -0.4 is 10.6 Å². The van der Waals surface area contributed by atoms with E-state index in [1.807, 2.05) is 6.92 Å². The number of hydrogen-bond acceptors (Lipinski definition) is 3. The van der Waals surface area contributed by atoms with Crippen LogP contribution in [0.3, 0.4) is 0 Å². The Morgan fingerprint density at radius 3 is 3.11 bits per heavy atom. The summed E-state index contributed by atoms with van der Waals surface area (Å²) in [6, 6.07) is 1.68. The highest BCUT2D eigenvalue weighted by Crippen LogP contribution is 1.94. The molecule has 0 unspecified atom stereocenters. The van der Waals surface area contributed by atoms with Crippen LogP contribution in [0.15, 0.2) is 12.3 Å². The molecule has 2 N–H and O–H groups in total. The van der Waals surface area contributed by atoms with Crippen LogP contribution in [0.25, 0.3) is 0 Å². The fourth-order valence-electron chi connectivity index (χ4n) is 0.531. The molecule has 0 bridgehead atoms. The molecule has 0 aliphatic heterocycles. The second kappa shape index (κ2) is 2.39. The van der Waals surface area contributed by atoms with Gasteiger partial charge in [-0.3, -0.25) is 0 Å². The molecule has 1 aromatic rings. The molecule has 0 saturated carbocycles. The predicted octanol–water partition coefficient (Wildman–Crippen LogP) is -0.0862. The highest BCUT2D eigenvalue weighted by molar-refractivity contribution is 5.24. The van der Waals surface area contributed by atoms with Crippen molar-refractivity contribution in [2.24, 2.45) is 0 Å². The number of aromatic nitrogens is 2. The molecule has 0 amide bonds. The summed E-state index contributed by atoms with van der Waals surface area (Å²) in [6.45, 7) is 2.45. The van der Waals surface area contributed by atoms with Crippen molar-refractivity contribution in [1.29, 1.82) is 0 Å². The average Bonchev–Trinajstić information content (AvgIpc) is 2.18. The smallest absolute Gasteiger partial charge is 0.163 e. The molecule has 0 atom stereocenters. The Hall–Kier alpha value is -1.19. The third-order valence-corrected chi connectivity index (χ3v) is 0.889. The molecule has 0 saturated heterocycles. The van der Waals surface area contributed by atoms with Gasteiger partial charge in [-0.1, -0.05) is 4.85 Å². The fourth-order valence-corrected chi connectivity index (χ4v) is 0.531. The van der Waals surface area contributed by atoms with E-state index >= 15 is 0 Å². The second-order valence-corrected chi connectivity index (χ2v) is 1.55. The molecule has 0 aromatic carbocycles. The number of nitrogen functional groups attached to an aromatic ring is 1. The minimum atomic E-state index is 0.525. The van der Waals surface area contributed by atoms with Crippen molar-refractivity contribution in [2.75, 3.05) is 12.3 Å². The van der Waals surface area contributed by atoms with Crippen molar-refractivity contribution in [1.82, 2.24) is 9.94 Å². The molecule has 9 heavy (non-hydrogen) atoms. The van der Waals surface area contributed by atoms with Crippen molar-refractivity contribution in [3.8, 4) is 0 Å². The molecule has 1 heterocycles. The molecule has 4 nitrogen and oxygen atoms in total. The van der Waals surface area contributed by atoms with Gasteiger partial charge in [0.1, 0.15) is 6.61 Å². The summed E-state index contributed by atoms with van der Waals surface area (Å²) in [7, 11) is 0. The third-order valence-electron chi connectivity index (χ3n) is 0.889. The van der Waals surface area contributed by atoms with Crippen LogP contribution >= 0.6 is 0 Å². The van der Waals surface area contributed by atoms with Crippen LogP contribution in [-0.2, 0) is 0 Å². The van der Waals surface area contributed by atoms with Gasteiger partial charge in [-0.15, -0.1) is 5.10 Å². The van der Waals surface area contributed by atoms with Gasteiger partial charge in [0.05, 0.1) is 6.20 Å². The van der Waals surface area contributed by atoms with Gasteiger partial charge in [-0.25, -0.2) is 0 Å². The largest absolute Gasteiger partial charge is 0.395 e. The quantitative estimate of drug-likeness (QED) is 0.604. The zero-order valence-corrected chi connectivity index (χ0v) is 5.24. The standard InChI is InChI=1S/C5H9N3O/c1-2-9-8-5(6)3-4-7-8/h3-4H,2,6H2,1H3. The van der Waals surface area contributed by atoms with E-state index in [4.69, 9.17) is 10.6 Å². The Morgan fingerprint density at radius 2 is 2.67 bits per heavy atom. The SMILES string of the molecule is CCOn1nccc1N. The summed E-state index contributed by atoms with van der Waals surface area (Å²) in [5, 5.41) is 3.77. The Bertz CT molecular complexity index is 184. The van der Waals surface area contributed by atoms with E-state index in [1.54, 1.807) is 12.3 Å². The van der Waals surface area contributed by atoms with Gasteiger partial charge in [0, 0.05) is 6.07 Å². The van der Waals surface area contributed by atoms with E-state index in [2.05, 4.69) is 5.10 Å². The monoisotopic (exact) mass is 127 g/mol. The van der Waals surface area contributed by atoms with Crippen LogP contribution in [0.2, 0.25) is 0 Å². The molecule has 0 aliphatic rings. The maximum Gasteiger partial charge on any atom is 0.163 e. The van der Waals surface area contributed by atoms with E-state index in [0.717, 1.165) is 0 Å². The van der Waals surface area contributed by atoms with Crippen LogP contribution in [-0.4, -0.2) is 16.6 Å². The number of hydrogen-bond donors (Lipinski definition) is 1. The lowest BCUT2D eigenvalue weighted by Crippen LogP contribution is -2.14. The highest BCUT2D eigenvalue weighted by atomic mass is 16.7. The fraction of sp³-hybridized carbons (Fsp3) is 0.400. The summed E-state index contributed by atoms with van der Waals surface area (Å²) in [4.78, 5) is 6.25. The minimum Gasteiger partial charge on any atom is -0.395 e. The Morgan fingerprint density at radius 1 is 1.89 bits per heavy atom. The lowest BCUT2D eigenvalue weighted by molar-refractivity contribution is 0.0978. The normalized spacial score (nSPS) is 9.44. The summed E-state index contributed by atoms with van der Waals surface area (Å²) < 4.78 is 0. The molecule has 0 radical (unpaired) electrons. The van der Waals surface area contributed by atoms with Crippen LogP contribution in [0, 0.1) is 0 Å². The number of nitrogens with two attached hydrogens (primary N) is 1.